The zero-order valence-electron chi connectivity index (χ0n) is 21.8. The third-order valence-corrected chi connectivity index (χ3v) is 7.21. The molecule has 200 valence electrons. The smallest absolute Gasteiger partial charge is 0.305 e. The van der Waals surface area contributed by atoms with E-state index in [4.69, 9.17) is 0 Å². The van der Waals surface area contributed by atoms with Crippen molar-refractivity contribution in [2.75, 3.05) is 11.9 Å². The van der Waals surface area contributed by atoms with Crippen LogP contribution in [0.1, 0.15) is 64.9 Å². The van der Waals surface area contributed by atoms with Crippen LogP contribution in [0.25, 0.3) is 5.69 Å². The Kier molecular flexibility index (Phi) is 10.2. The van der Waals surface area contributed by atoms with E-state index in [0.29, 0.717) is 20.4 Å². The lowest BCUT2D eigenvalue weighted by Crippen LogP contribution is -2.28. The molecule has 0 spiro atoms. The number of benzene rings is 3. The zero-order chi connectivity index (χ0) is 27.6. The Morgan fingerprint density at radius 2 is 1.54 bits per heavy atom. The van der Waals surface area contributed by atoms with Crippen molar-refractivity contribution in [2.45, 2.75) is 38.6 Å². The standard InChI is InChI=1S/C31H31IN4O3/c1-2-3-6-15-27(33-20-28(37)23-11-7-4-8-12-23)22-16-18-25(19-17-22)36-21-26(32)29(35-31(36)39)34-30(38)24-13-9-5-10-14-24/h4-5,7-14,16-19,21,27,33H,2-3,6,15,20H2,1H3,(H,34,35,38,39)/t27-/m1/s1. The number of carbonyl (C=O) groups is 2. The van der Waals surface area contributed by atoms with Gasteiger partial charge in [-0.1, -0.05) is 86.8 Å². The Morgan fingerprint density at radius 3 is 2.18 bits per heavy atom. The average molecular weight is 635 g/mol. The van der Waals surface area contributed by atoms with Crippen LogP contribution in [-0.2, 0) is 0 Å². The molecule has 0 aliphatic carbocycles. The van der Waals surface area contributed by atoms with Crippen LogP contribution in [0.3, 0.4) is 0 Å². The summed E-state index contributed by atoms with van der Waals surface area (Å²) in [7, 11) is 0. The van der Waals surface area contributed by atoms with Gasteiger partial charge in [-0.2, -0.15) is 4.98 Å². The highest BCUT2D eigenvalue weighted by Crippen LogP contribution is 2.22. The number of hydrogen-bond acceptors (Lipinski definition) is 5. The molecule has 39 heavy (non-hydrogen) atoms. The average Bonchev–Trinajstić information content (AvgIpc) is 2.97. The molecule has 0 saturated carbocycles. The number of nitrogens with zero attached hydrogens (tertiary/aromatic N) is 2. The summed E-state index contributed by atoms with van der Waals surface area (Å²) in [5.41, 5.74) is 2.42. The Labute approximate surface area is 241 Å². The number of aromatic nitrogens is 2. The van der Waals surface area contributed by atoms with E-state index in [-0.39, 0.29) is 30.1 Å². The van der Waals surface area contributed by atoms with Crippen molar-refractivity contribution in [1.29, 1.82) is 0 Å². The minimum Gasteiger partial charge on any atom is -0.305 e. The van der Waals surface area contributed by atoms with Crippen molar-refractivity contribution in [3.05, 3.63) is 122 Å². The number of halogens is 1. The molecule has 1 amide bonds. The summed E-state index contributed by atoms with van der Waals surface area (Å²) in [6.45, 7) is 2.42. The topological polar surface area (TPSA) is 93.1 Å². The molecular formula is C31H31IN4O3. The number of unbranched alkanes of at least 4 members (excludes halogenated alkanes) is 2. The van der Waals surface area contributed by atoms with E-state index in [1.54, 1.807) is 30.5 Å². The predicted octanol–water partition coefficient (Wildman–Crippen LogP) is 6.18. The first kappa shape index (κ1) is 28.4. The molecule has 8 heteroatoms. The number of ketones is 1. The molecule has 0 bridgehead atoms. The molecule has 0 radical (unpaired) electrons. The van der Waals surface area contributed by atoms with Gasteiger partial charge in [-0.15, -0.1) is 0 Å². The first-order valence-corrected chi connectivity index (χ1v) is 14.1. The number of nitrogens with one attached hydrogen (secondary N) is 2. The van der Waals surface area contributed by atoms with Crippen LogP contribution in [0.4, 0.5) is 5.82 Å². The van der Waals surface area contributed by atoms with Crippen molar-refractivity contribution >= 4 is 40.1 Å². The fourth-order valence-electron chi connectivity index (χ4n) is 4.27. The molecule has 1 atom stereocenters. The molecule has 0 aliphatic heterocycles. The second-order valence-corrected chi connectivity index (χ2v) is 10.4. The maximum atomic E-state index is 12.9. The summed E-state index contributed by atoms with van der Waals surface area (Å²) in [5.74, 6) is -0.0418. The van der Waals surface area contributed by atoms with Crippen molar-refractivity contribution in [1.82, 2.24) is 14.9 Å². The van der Waals surface area contributed by atoms with E-state index < -0.39 is 5.69 Å². The SMILES string of the molecule is CCCCC[C@@H](NCC(=O)c1ccccc1)c1ccc(-n2cc(I)c(NC(=O)c3ccccc3)nc2=O)cc1. The lowest BCUT2D eigenvalue weighted by molar-refractivity contribution is 0.0985. The summed E-state index contributed by atoms with van der Waals surface area (Å²) in [6, 6.07) is 25.8. The van der Waals surface area contributed by atoms with E-state index in [0.717, 1.165) is 31.2 Å². The van der Waals surface area contributed by atoms with E-state index in [1.165, 1.54) is 4.57 Å². The fourth-order valence-corrected chi connectivity index (χ4v) is 4.80. The monoisotopic (exact) mass is 634 g/mol. The van der Waals surface area contributed by atoms with Gasteiger partial charge in [0.25, 0.3) is 5.91 Å². The third kappa shape index (κ3) is 7.70. The van der Waals surface area contributed by atoms with Crippen molar-refractivity contribution < 1.29 is 9.59 Å². The van der Waals surface area contributed by atoms with Crippen LogP contribution in [-0.4, -0.2) is 27.8 Å². The molecule has 0 saturated heterocycles. The van der Waals surface area contributed by atoms with Crippen molar-refractivity contribution in [3.63, 3.8) is 0 Å². The van der Waals surface area contributed by atoms with Crippen molar-refractivity contribution in [2.24, 2.45) is 0 Å². The zero-order valence-corrected chi connectivity index (χ0v) is 23.9. The van der Waals surface area contributed by atoms with Gasteiger partial charge in [0, 0.05) is 23.4 Å². The normalized spacial score (nSPS) is 11.6. The van der Waals surface area contributed by atoms with Crippen LogP contribution < -0.4 is 16.3 Å². The summed E-state index contributed by atoms with van der Waals surface area (Å²) < 4.78 is 2.10. The Morgan fingerprint density at radius 1 is 0.897 bits per heavy atom. The fraction of sp³-hybridized carbons (Fsp3) is 0.226. The van der Waals surface area contributed by atoms with Gasteiger partial charge < -0.3 is 10.6 Å². The second-order valence-electron chi connectivity index (χ2n) is 9.22. The van der Waals surface area contributed by atoms with E-state index >= 15 is 0 Å². The summed E-state index contributed by atoms with van der Waals surface area (Å²) in [6.07, 6.45) is 5.86. The molecular weight excluding hydrogens is 603 g/mol. The number of anilines is 1. The number of Topliss-reactive ketones (excluding diaryl/α,β-unsaturated/α-hetero) is 1. The van der Waals surface area contributed by atoms with Crippen LogP contribution in [0.2, 0.25) is 0 Å². The number of hydrogen-bond donors (Lipinski definition) is 2. The van der Waals surface area contributed by atoms with Crippen LogP contribution in [0, 0.1) is 3.57 Å². The minimum atomic E-state index is -0.488. The molecule has 4 aromatic rings. The molecule has 0 fully saturated rings. The van der Waals surface area contributed by atoms with Gasteiger partial charge in [-0.05, 0) is 58.8 Å². The lowest BCUT2D eigenvalue weighted by atomic mass is 9.99. The highest BCUT2D eigenvalue weighted by molar-refractivity contribution is 14.1. The molecule has 0 aliphatic rings. The van der Waals surface area contributed by atoms with Crippen LogP contribution >= 0.6 is 22.6 Å². The Balaban J connectivity index is 1.49. The van der Waals surface area contributed by atoms with Crippen LogP contribution in [0.5, 0.6) is 0 Å². The minimum absolute atomic E-state index is 0.0174. The summed E-state index contributed by atoms with van der Waals surface area (Å²) in [5, 5.41) is 6.16. The Hall–Kier alpha value is -3.63. The van der Waals surface area contributed by atoms with Gasteiger partial charge >= 0.3 is 5.69 Å². The molecule has 1 heterocycles. The maximum absolute atomic E-state index is 12.9. The van der Waals surface area contributed by atoms with E-state index in [2.05, 4.69) is 45.1 Å². The second kappa shape index (κ2) is 14.0. The quantitative estimate of drug-likeness (QED) is 0.110. The summed E-state index contributed by atoms with van der Waals surface area (Å²) in [4.78, 5) is 42.2. The lowest BCUT2D eigenvalue weighted by Gasteiger charge is -2.20. The molecule has 1 aromatic heterocycles. The number of amides is 1. The molecule has 3 aromatic carbocycles. The number of rotatable bonds is 12. The van der Waals surface area contributed by atoms with Crippen molar-refractivity contribution in [3.8, 4) is 5.69 Å². The largest absolute Gasteiger partial charge is 0.354 e. The molecule has 0 unspecified atom stereocenters. The first-order valence-electron chi connectivity index (χ1n) is 13.0. The molecule has 7 nitrogen and oxygen atoms in total. The predicted molar refractivity (Wildman–Crippen MR) is 163 cm³/mol. The molecule has 4 rings (SSSR count). The van der Waals surface area contributed by atoms with Gasteiger partial charge in [0.2, 0.25) is 0 Å². The van der Waals surface area contributed by atoms with Gasteiger partial charge in [0.15, 0.2) is 11.6 Å². The van der Waals surface area contributed by atoms with Gasteiger partial charge in [-0.25, -0.2) is 4.79 Å². The Bertz CT molecular complexity index is 1460. The number of carbonyl (C=O) groups excluding carboxylic acids is 2. The van der Waals surface area contributed by atoms with Gasteiger partial charge in [0.05, 0.1) is 15.8 Å². The maximum Gasteiger partial charge on any atom is 0.354 e. The van der Waals surface area contributed by atoms with E-state index in [1.807, 2.05) is 60.7 Å². The third-order valence-electron chi connectivity index (χ3n) is 6.42. The summed E-state index contributed by atoms with van der Waals surface area (Å²) >= 11 is 2.06. The van der Waals surface area contributed by atoms with E-state index in [9.17, 15) is 14.4 Å². The highest BCUT2D eigenvalue weighted by atomic mass is 127. The van der Waals surface area contributed by atoms with Gasteiger partial charge in [0.1, 0.15) is 0 Å². The molecule has 2 N–H and O–H groups in total. The first-order chi connectivity index (χ1) is 19.0. The highest BCUT2D eigenvalue weighted by Gasteiger charge is 2.16. The van der Waals surface area contributed by atoms with Crippen LogP contribution in [0.15, 0.2) is 95.9 Å². The van der Waals surface area contributed by atoms with Gasteiger partial charge in [-0.3, -0.25) is 14.2 Å².